The van der Waals surface area contributed by atoms with Crippen molar-refractivity contribution in [3.05, 3.63) is 96.1 Å². The van der Waals surface area contributed by atoms with Crippen LogP contribution in [0.4, 0.5) is 10.1 Å². The molecule has 0 saturated carbocycles. The van der Waals surface area contributed by atoms with Gasteiger partial charge in [-0.3, -0.25) is 4.79 Å². The van der Waals surface area contributed by atoms with Crippen molar-refractivity contribution in [1.82, 2.24) is 4.98 Å². The van der Waals surface area contributed by atoms with Gasteiger partial charge in [-0.15, -0.1) is 0 Å². The van der Waals surface area contributed by atoms with Crippen LogP contribution in [0.15, 0.2) is 83.3 Å². The second kappa shape index (κ2) is 8.74. The van der Waals surface area contributed by atoms with E-state index in [1.54, 1.807) is 19.1 Å². The Hall–Kier alpha value is -3.73. The molecule has 150 valence electrons. The van der Waals surface area contributed by atoms with E-state index in [4.69, 9.17) is 4.42 Å². The number of benzene rings is 3. The molecule has 4 aromatic rings. The fourth-order valence-corrected chi connectivity index (χ4v) is 3.20. The highest BCUT2D eigenvalue weighted by molar-refractivity contribution is 5.91. The minimum absolute atomic E-state index is 0.135. The summed E-state index contributed by atoms with van der Waals surface area (Å²) in [5, 5.41) is 2.61. The Morgan fingerprint density at radius 3 is 2.30 bits per heavy atom. The molecule has 0 aliphatic carbocycles. The summed E-state index contributed by atoms with van der Waals surface area (Å²) >= 11 is 0. The van der Waals surface area contributed by atoms with Gasteiger partial charge in [-0.1, -0.05) is 66.7 Å². The predicted molar refractivity (Wildman–Crippen MR) is 115 cm³/mol. The molecule has 0 fully saturated rings. The minimum Gasteiger partial charge on any atom is -0.440 e. The second-order valence-corrected chi connectivity index (χ2v) is 7.05. The number of nitrogens with one attached hydrogen (secondary N) is 1. The number of nitrogens with zero attached hydrogens (tertiary/aromatic N) is 1. The SMILES string of the molecule is Cc1ccc(NC(=O)CCc2nc(-c3ccccc3)c(-c3ccccc3)o2)c(F)c1. The van der Waals surface area contributed by atoms with E-state index in [1.807, 2.05) is 60.7 Å². The van der Waals surface area contributed by atoms with Crippen LogP contribution in [0.3, 0.4) is 0 Å². The van der Waals surface area contributed by atoms with Crippen LogP contribution in [-0.4, -0.2) is 10.9 Å². The molecule has 4 rings (SSSR count). The first kappa shape index (κ1) is 19.6. The van der Waals surface area contributed by atoms with Crippen molar-refractivity contribution in [2.24, 2.45) is 0 Å². The van der Waals surface area contributed by atoms with Crippen LogP contribution in [-0.2, 0) is 11.2 Å². The first-order valence-electron chi connectivity index (χ1n) is 9.77. The number of carbonyl (C=O) groups is 1. The molecule has 0 aliphatic rings. The van der Waals surface area contributed by atoms with Crippen LogP contribution in [0.5, 0.6) is 0 Å². The number of carbonyl (C=O) groups excluding carboxylic acids is 1. The quantitative estimate of drug-likeness (QED) is 0.430. The molecule has 0 saturated heterocycles. The van der Waals surface area contributed by atoms with Gasteiger partial charge in [0.05, 0.1) is 5.69 Å². The summed E-state index contributed by atoms with van der Waals surface area (Å²) in [5.41, 5.74) is 3.57. The minimum atomic E-state index is -0.447. The summed E-state index contributed by atoms with van der Waals surface area (Å²) in [7, 11) is 0. The Balaban J connectivity index is 1.53. The summed E-state index contributed by atoms with van der Waals surface area (Å²) in [6.45, 7) is 1.80. The molecular weight excluding hydrogens is 379 g/mol. The second-order valence-electron chi connectivity index (χ2n) is 7.05. The highest BCUT2D eigenvalue weighted by Gasteiger charge is 2.17. The summed E-state index contributed by atoms with van der Waals surface area (Å²) in [6, 6.07) is 24.2. The zero-order chi connectivity index (χ0) is 20.9. The molecule has 30 heavy (non-hydrogen) atoms. The van der Waals surface area contributed by atoms with Crippen LogP contribution in [0.1, 0.15) is 17.9 Å². The molecule has 0 aliphatic heterocycles. The Labute approximate surface area is 174 Å². The van der Waals surface area contributed by atoms with Crippen LogP contribution in [0.25, 0.3) is 22.6 Å². The molecule has 1 amide bonds. The fraction of sp³-hybridized carbons (Fsp3) is 0.120. The summed E-state index contributed by atoms with van der Waals surface area (Å²) in [4.78, 5) is 17.0. The molecule has 0 radical (unpaired) electrons. The van der Waals surface area contributed by atoms with Crippen molar-refractivity contribution in [1.29, 1.82) is 0 Å². The summed E-state index contributed by atoms with van der Waals surface area (Å²) in [6.07, 6.45) is 0.447. The predicted octanol–water partition coefficient (Wildman–Crippen LogP) is 6.03. The highest BCUT2D eigenvalue weighted by Crippen LogP contribution is 2.32. The Bertz CT molecular complexity index is 1100. The molecule has 3 aromatic carbocycles. The number of hydrogen-bond acceptors (Lipinski definition) is 3. The fourth-order valence-electron chi connectivity index (χ4n) is 3.20. The number of oxazole rings is 1. The van der Waals surface area contributed by atoms with Gasteiger partial charge in [0.25, 0.3) is 0 Å². The molecule has 1 heterocycles. The van der Waals surface area contributed by atoms with Gasteiger partial charge in [0.1, 0.15) is 11.5 Å². The maximum Gasteiger partial charge on any atom is 0.224 e. The average molecular weight is 400 g/mol. The average Bonchev–Trinajstić information content (AvgIpc) is 3.20. The van der Waals surface area contributed by atoms with Gasteiger partial charge in [0, 0.05) is 24.0 Å². The first-order chi connectivity index (χ1) is 14.6. The third kappa shape index (κ3) is 4.46. The molecule has 0 unspecified atom stereocenters. The summed E-state index contributed by atoms with van der Waals surface area (Å²) < 4.78 is 20.0. The molecule has 1 N–H and O–H groups in total. The van der Waals surface area contributed by atoms with E-state index >= 15 is 0 Å². The lowest BCUT2D eigenvalue weighted by Crippen LogP contribution is -2.13. The van der Waals surface area contributed by atoms with E-state index in [1.165, 1.54) is 6.07 Å². The third-order valence-corrected chi connectivity index (χ3v) is 4.72. The van der Waals surface area contributed by atoms with Crippen molar-refractivity contribution < 1.29 is 13.6 Å². The molecule has 0 bridgehead atoms. The normalized spacial score (nSPS) is 10.7. The largest absolute Gasteiger partial charge is 0.440 e. The van der Waals surface area contributed by atoms with Crippen LogP contribution < -0.4 is 5.32 Å². The van der Waals surface area contributed by atoms with Crippen LogP contribution in [0, 0.1) is 12.7 Å². The van der Waals surface area contributed by atoms with Crippen molar-refractivity contribution in [3.8, 4) is 22.6 Å². The molecule has 1 aromatic heterocycles. The van der Waals surface area contributed by atoms with Crippen LogP contribution in [0.2, 0.25) is 0 Å². The third-order valence-electron chi connectivity index (χ3n) is 4.72. The van der Waals surface area contributed by atoms with Gasteiger partial charge < -0.3 is 9.73 Å². The van der Waals surface area contributed by atoms with E-state index < -0.39 is 5.82 Å². The van der Waals surface area contributed by atoms with Crippen molar-refractivity contribution >= 4 is 11.6 Å². The lowest BCUT2D eigenvalue weighted by molar-refractivity contribution is -0.116. The highest BCUT2D eigenvalue weighted by atomic mass is 19.1. The number of amides is 1. The Morgan fingerprint density at radius 1 is 0.967 bits per heavy atom. The number of aromatic nitrogens is 1. The van der Waals surface area contributed by atoms with Crippen molar-refractivity contribution in [2.45, 2.75) is 19.8 Å². The Morgan fingerprint density at radius 2 is 1.63 bits per heavy atom. The zero-order valence-electron chi connectivity index (χ0n) is 16.6. The maximum atomic E-state index is 14.0. The van der Waals surface area contributed by atoms with E-state index in [9.17, 15) is 9.18 Å². The van der Waals surface area contributed by atoms with Gasteiger partial charge in [0.2, 0.25) is 5.91 Å². The van der Waals surface area contributed by atoms with Gasteiger partial charge >= 0.3 is 0 Å². The smallest absolute Gasteiger partial charge is 0.224 e. The standard InChI is InChI=1S/C25H21FN2O2/c1-17-12-13-21(20(26)16-17)27-22(29)14-15-23-28-24(18-8-4-2-5-9-18)25(30-23)19-10-6-3-7-11-19/h2-13,16H,14-15H2,1H3,(H,27,29). The first-order valence-corrected chi connectivity index (χ1v) is 9.77. The number of rotatable bonds is 6. The van der Waals surface area contributed by atoms with Gasteiger partial charge in [-0.25, -0.2) is 9.37 Å². The molecule has 5 heteroatoms. The van der Waals surface area contributed by atoms with Gasteiger partial charge in [0.15, 0.2) is 11.7 Å². The van der Waals surface area contributed by atoms with E-state index in [0.717, 1.165) is 22.4 Å². The lowest BCUT2D eigenvalue weighted by atomic mass is 10.1. The summed E-state index contributed by atoms with van der Waals surface area (Å²) in [5.74, 6) is 0.393. The molecule has 0 spiro atoms. The van der Waals surface area contributed by atoms with Crippen molar-refractivity contribution in [3.63, 3.8) is 0 Å². The number of hydrogen-bond donors (Lipinski definition) is 1. The van der Waals surface area contributed by atoms with Crippen LogP contribution >= 0.6 is 0 Å². The van der Waals surface area contributed by atoms with E-state index in [0.29, 0.717) is 18.1 Å². The van der Waals surface area contributed by atoms with E-state index in [-0.39, 0.29) is 18.0 Å². The van der Waals surface area contributed by atoms with Gasteiger partial charge in [-0.2, -0.15) is 0 Å². The topological polar surface area (TPSA) is 55.1 Å². The number of aryl methyl sites for hydroxylation is 2. The van der Waals surface area contributed by atoms with Gasteiger partial charge in [-0.05, 0) is 24.6 Å². The monoisotopic (exact) mass is 400 g/mol. The zero-order valence-corrected chi connectivity index (χ0v) is 16.6. The van der Waals surface area contributed by atoms with E-state index in [2.05, 4.69) is 10.3 Å². The molecule has 0 atom stereocenters. The number of anilines is 1. The lowest BCUT2D eigenvalue weighted by Gasteiger charge is -2.06. The maximum absolute atomic E-state index is 14.0. The number of halogens is 1. The Kier molecular flexibility index (Phi) is 5.70. The molecular formula is C25H21FN2O2. The van der Waals surface area contributed by atoms with Crippen molar-refractivity contribution in [2.75, 3.05) is 5.32 Å². The molecule has 4 nitrogen and oxygen atoms in total.